The largest absolute Gasteiger partial charge is 0.497 e. The summed E-state index contributed by atoms with van der Waals surface area (Å²) in [5.74, 6) is 0.887. The van der Waals surface area contributed by atoms with Crippen molar-refractivity contribution < 1.29 is 8.95 Å². The first-order valence-corrected chi connectivity index (χ1v) is 9.25. The predicted octanol–water partition coefficient (Wildman–Crippen LogP) is 2.96. The number of benzene rings is 1. The standard InChI is InChI=1S/C17H25NO2S/c1-18-17-15-11-13(20-2)9-8-12(15)10-16(17)21(19)14-6-4-3-5-7-14/h8-9,11,14,16-18H,3-7,10H2,1-2H3. The predicted molar refractivity (Wildman–Crippen MR) is 87.3 cm³/mol. The van der Waals surface area contributed by atoms with Crippen LogP contribution in [0.3, 0.4) is 0 Å². The van der Waals surface area contributed by atoms with Crippen LogP contribution in [0, 0.1) is 0 Å². The number of hydrogen-bond acceptors (Lipinski definition) is 3. The minimum Gasteiger partial charge on any atom is -0.497 e. The highest BCUT2D eigenvalue weighted by Gasteiger charge is 2.38. The van der Waals surface area contributed by atoms with Gasteiger partial charge in [0.1, 0.15) is 5.75 Å². The molecule has 0 spiro atoms. The topological polar surface area (TPSA) is 38.3 Å². The van der Waals surface area contributed by atoms with Crippen molar-refractivity contribution in [3.63, 3.8) is 0 Å². The molecule has 2 aliphatic carbocycles. The Morgan fingerprint density at radius 3 is 2.67 bits per heavy atom. The highest BCUT2D eigenvalue weighted by Crippen LogP contribution is 2.38. The molecule has 1 saturated carbocycles. The number of nitrogens with one attached hydrogen (secondary N) is 1. The molecule has 3 atom stereocenters. The minimum atomic E-state index is -0.750. The Hall–Kier alpha value is -0.870. The maximum atomic E-state index is 13.0. The third-order valence-corrected chi connectivity index (χ3v) is 7.14. The summed E-state index contributed by atoms with van der Waals surface area (Å²) in [5.41, 5.74) is 2.59. The van der Waals surface area contributed by atoms with Crippen LogP contribution in [-0.2, 0) is 17.2 Å². The molecular formula is C17H25NO2S. The van der Waals surface area contributed by atoms with Gasteiger partial charge in [0.2, 0.25) is 0 Å². The molecule has 3 rings (SSSR count). The van der Waals surface area contributed by atoms with Gasteiger partial charge in [-0.3, -0.25) is 4.21 Å². The summed E-state index contributed by atoms with van der Waals surface area (Å²) in [6.07, 6.45) is 7.00. The van der Waals surface area contributed by atoms with E-state index in [1.165, 1.54) is 30.4 Å². The number of ether oxygens (including phenoxy) is 1. The number of fused-ring (bicyclic) bond motifs is 1. The highest BCUT2D eigenvalue weighted by molar-refractivity contribution is 7.86. The average Bonchev–Trinajstić information content (AvgIpc) is 2.92. The Morgan fingerprint density at radius 2 is 2.00 bits per heavy atom. The number of hydrogen-bond donors (Lipinski definition) is 1. The third-order valence-electron chi connectivity index (χ3n) is 4.97. The van der Waals surface area contributed by atoms with E-state index in [-0.39, 0.29) is 11.3 Å². The third kappa shape index (κ3) is 2.88. The van der Waals surface area contributed by atoms with E-state index in [9.17, 15) is 4.21 Å². The molecule has 21 heavy (non-hydrogen) atoms. The molecule has 3 nitrogen and oxygen atoms in total. The number of rotatable bonds is 4. The Labute approximate surface area is 129 Å². The van der Waals surface area contributed by atoms with Crippen LogP contribution in [0.1, 0.15) is 49.3 Å². The molecule has 0 amide bonds. The second-order valence-electron chi connectivity index (χ2n) is 6.16. The maximum Gasteiger partial charge on any atom is 0.119 e. The molecule has 0 radical (unpaired) electrons. The molecule has 1 fully saturated rings. The van der Waals surface area contributed by atoms with Gasteiger partial charge >= 0.3 is 0 Å². The fourth-order valence-corrected chi connectivity index (χ4v) is 6.00. The second-order valence-corrected chi connectivity index (χ2v) is 8.09. The van der Waals surface area contributed by atoms with E-state index in [1.54, 1.807) is 7.11 Å². The summed E-state index contributed by atoms with van der Waals surface area (Å²) in [6, 6.07) is 6.45. The van der Waals surface area contributed by atoms with Gasteiger partial charge < -0.3 is 10.1 Å². The van der Waals surface area contributed by atoms with Crippen molar-refractivity contribution in [2.45, 2.75) is 55.1 Å². The lowest BCUT2D eigenvalue weighted by Gasteiger charge is -2.27. The van der Waals surface area contributed by atoms with Gasteiger partial charge in [0, 0.05) is 22.1 Å². The van der Waals surface area contributed by atoms with Crippen molar-refractivity contribution in [1.82, 2.24) is 5.32 Å². The highest BCUT2D eigenvalue weighted by atomic mass is 32.2. The van der Waals surface area contributed by atoms with Crippen LogP contribution in [0.15, 0.2) is 18.2 Å². The first kappa shape index (κ1) is 15.0. The van der Waals surface area contributed by atoms with Gasteiger partial charge in [-0.2, -0.15) is 0 Å². The first-order valence-electron chi connectivity index (χ1n) is 7.98. The summed E-state index contributed by atoms with van der Waals surface area (Å²) in [4.78, 5) is 0. The molecule has 0 aromatic heterocycles. The molecule has 0 heterocycles. The van der Waals surface area contributed by atoms with Gasteiger partial charge in [-0.1, -0.05) is 25.3 Å². The zero-order valence-electron chi connectivity index (χ0n) is 12.9. The van der Waals surface area contributed by atoms with Gasteiger partial charge in [-0.25, -0.2) is 0 Å². The van der Waals surface area contributed by atoms with E-state index >= 15 is 0 Å². The van der Waals surface area contributed by atoms with E-state index in [4.69, 9.17) is 4.74 Å². The molecule has 0 bridgehead atoms. The molecule has 1 aromatic rings. The minimum absolute atomic E-state index is 0.192. The quantitative estimate of drug-likeness (QED) is 0.929. The Kier molecular flexibility index (Phi) is 4.65. The van der Waals surface area contributed by atoms with Gasteiger partial charge in [-0.15, -0.1) is 0 Å². The van der Waals surface area contributed by atoms with Gasteiger partial charge in [0.05, 0.1) is 12.4 Å². The summed E-state index contributed by atoms with van der Waals surface area (Å²) in [6.45, 7) is 0. The first-order chi connectivity index (χ1) is 10.2. The summed E-state index contributed by atoms with van der Waals surface area (Å²) in [7, 11) is 2.92. The van der Waals surface area contributed by atoms with Crippen LogP contribution in [-0.4, -0.2) is 28.9 Å². The van der Waals surface area contributed by atoms with Gasteiger partial charge in [0.15, 0.2) is 0 Å². The Bertz CT molecular complexity index is 526. The molecule has 4 heteroatoms. The molecule has 0 saturated heterocycles. The summed E-state index contributed by atoms with van der Waals surface area (Å²) in [5, 5.41) is 4.00. The van der Waals surface area contributed by atoms with E-state index in [1.807, 2.05) is 13.1 Å². The van der Waals surface area contributed by atoms with Crippen molar-refractivity contribution >= 4 is 10.8 Å². The van der Waals surface area contributed by atoms with Crippen molar-refractivity contribution in [3.8, 4) is 5.75 Å². The molecular weight excluding hydrogens is 282 g/mol. The van der Waals surface area contributed by atoms with Crippen molar-refractivity contribution in [2.24, 2.45) is 0 Å². The summed E-state index contributed by atoms with van der Waals surface area (Å²) < 4.78 is 18.4. The van der Waals surface area contributed by atoms with Crippen LogP contribution in [0.4, 0.5) is 0 Å². The lowest BCUT2D eigenvalue weighted by molar-refractivity contribution is 0.413. The van der Waals surface area contributed by atoms with Crippen molar-refractivity contribution in [3.05, 3.63) is 29.3 Å². The van der Waals surface area contributed by atoms with Crippen molar-refractivity contribution in [1.29, 1.82) is 0 Å². The Morgan fingerprint density at radius 1 is 1.24 bits per heavy atom. The monoisotopic (exact) mass is 307 g/mol. The zero-order chi connectivity index (χ0) is 14.8. The molecule has 1 aromatic carbocycles. The van der Waals surface area contributed by atoms with E-state index < -0.39 is 10.8 Å². The maximum absolute atomic E-state index is 13.0. The van der Waals surface area contributed by atoms with E-state index in [2.05, 4.69) is 17.4 Å². The van der Waals surface area contributed by atoms with Crippen LogP contribution in [0.25, 0.3) is 0 Å². The lowest BCUT2D eigenvalue weighted by Crippen LogP contribution is -2.35. The normalized spacial score (nSPS) is 27.3. The Balaban J connectivity index is 1.82. The van der Waals surface area contributed by atoms with Gasteiger partial charge in [0.25, 0.3) is 0 Å². The fraction of sp³-hybridized carbons (Fsp3) is 0.647. The number of methoxy groups -OCH3 is 1. The molecule has 2 aliphatic rings. The van der Waals surface area contributed by atoms with Gasteiger partial charge in [-0.05, 0) is 49.6 Å². The van der Waals surface area contributed by atoms with E-state index in [0.717, 1.165) is 25.0 Å². The zero-order valence-corrected chi connectivity index (χ0v) is 13.7. The van der Waals surface area contributed by atoms with Crippen LogP contribution >= 0.6 is 0 Å². The summed E-state index contributed by atoms with van der Waals surface area (Å²) >= 11 is 0. The lowest BCUT2D eigenvalue weighted by atomic mass is 10.0. The SMILES string of the molecule is CNC1c2cc(OC)ccc2CC1S(=O)C1CCCCC1. The smallest absolute Gasteiger partial charge is 0.119 e. The van der Waals surface area contributed by atoms with Crippen molar-refractivity contribution in [2.75, 3.05) is 14.2 Å². The molecule has 116 valence electrons. The second kappa shape index (κ2) is 6.49. The van der Waals surface area contributed by atoms with Crippen LogP contribution in [0.5, 0.6) is 5.75 Å². The van der Waals surface area contributed by atoms with Crippen LogP contribution < -0.4 is 10.1 Å². The molecule has 1 N–H and O–H groups in total. The molecule has 0 aliphatic heterocycles. The molecule has 3 unspecified atom stereocenters. The fourth-order valence-electron chi connectivity index (χ4n) is 3.81. The average molecular weight is 307 g/mol. The van der Waals surface area contributed by atoms with E-state index in [0.29, 0.717) is 5.25 Å². The van der Waals surface area contributed by atoms with Crippen LogP contribution in [0.2, 0.25) is 0 Å².